The number of hydrogen-bond acceptors (Lipinski definition) is 3. The molecule has 2 aromatic rings. The van der Waals surface area contributed by atoms with Crippen molar-refractivity contribution in [2.24, 2.45) is 0 Å². The molecule has 0 saturated carbocycles. The van der Waals surface area contributed by atoms with Gasteiger partial charge in [0.15, 0.2) is 0 Å². The largest absolute Gasteiger partial charge is 0.359 e. The number of hydrogen-bond donors (Lipinski definition) is 3. The first-order valence-electron chi connectivity index (χ1n) is 7.63. The van der Waals surface area contributed by atoms with Gasteiger partial charge in [-0.3, -0.25) is 4.79 Å². The maximum atomic E-state index is 13.3. The molecule has 7 heteroatoms. The summed E-state index contributed by atoms with van der Waals surface area (Å²) in [6, 6.07) is 3.45. The summed E-state index contributed by atoms with van der Waals surface area (Å²) in [5.74, 6) is -0.496. The molecule has 2 amide bonds. The zero-order valence-electron chi connectivity index (χ0n) is 13.3. The summed E-state index contributed by atoms with van der Waals surface area (Å²) in [6.45, 7) is 7.15. The Kier molecular flexibility index (Phi) is 5.70. The summed E-state index contributed by atoms with van der Waals surface area (Å²) < 4.78 is 13.3. The van der Waals surface area contributed by atoms with E-state index in [9.17, 15) is 14.0 Å². The monoisotopic (exact) mass is 320 g/mol. The number of carbonyl (C=O) groups excluding carboxylic acids is 1. The van der Waals surface area contributed by atoms with Gasteiger partial charge in [-0.1, -0.05) is 13.8 Å². The molecule has 0 bridgehead atoms. The van der Waals surface area contributed by atoms with E-state index in [0.29, 0.717) is 12.1 Å². The fourth-order valence-corrected chi connectivity index (χ4v) is 2.32. The number of aromatic nitrogens is 1. The summed E-state index contributed by atoms with van der Waals surface area (Å²) >= 11 is 0. The zero-order valence-corrected chi connectivity index (χ0v) is 13.3. The molecule has 0 aliphatic carbocycles. The van der Waals surface area contributed by atoms with E-state index in [2.05, 4.69) is 34.4 Å². The van der Waals surface area contributed by atoms with Crippen molar-refractivity contribution in [1.82, 2.24) is 15.2 Å². The molecule has 0 saturated heterocycles. The van der Waals surface area contributed by atoms with Crippen LogP contribution >= 0.6 is 0 Å². The number of nitrogens with zero attached hydrogens (tertiary/aromatic N) is 1. The summed E-state index contributed by atoms with van der Waals surface area (Å²) in [5, 5.41) is 5.40. The molecule has 0 spiro atoms. The van der Waals surface area contributed by atoms with E-state index >= 15 is 0 Å². The molecule has 1 aromatic carbocycles. The lowest BCUT2D eigenvalue weighted by Gasteiger charge is -2.18. The van der Waals surface area contributed by atoms with Gasteiger partial charge in [-0.25, -0.2) is 9.18 Å². The molecular formula is C16H21FN4O2. The Labute approximate surface area is 133 Å². The number of carbonyl (C=O) groups is 1. The van der Waals surface area contributed by atoms with Crippen LogP contribution in [-0.2, 0) is 0 Å². The van der Waals surface area contributed by atoms with E-state index in [1.54, 1.807) is 0 Å². The van der Waals surface area contributed by atoms with Gasteiger partial charge >= 0.3 is 6.03 Å². The van der Waals surface area contributed by atoms with E-state index in [1.165, 1.54) is 18.3 Å². The molecule has 0 radical (unpaired) electrons. The molecule has 6 nitrogen and oxygen atoms in total. The van der Waals surface area contributed by atoms with Gasteiger partial charge in [-0.15, -0.1) is 0 Å². The lowest BCUT2D eigenvalue weighted by Crippen LogP contribution is -2.37. The van der Waals surface area contributed by atoms with Gasteiger partial charge in [0.2, 0.25) is 5.43 Å². The molecule has 124 valence electrons. The number of pyridine rings is 1. The number of urea groups is 1. The van der Waals surface area contributed by atoms with E-state index in [0.717, 1.165) is 25.7 Å². The summed E-state index contributed by atoms with van der Waals surface area (Å²) in [5.41, 5.74) is 0.185. The number of halogens is 1. The first-order valence-corrected chi connectivity index (χ1v) is 7.63. The van der Waals surface area contributed by atoms with E-state index < -0.39 is 17.3 Å². The standard InChI is InChI=1S/C16H21FN4O2/c1-3-21(4-2)8-7-18-16(23)20-14-10-19-13-6-5-11(17)9-12(13)15(14)22/h5-6,9-10H,3-4,7-8H2,1-2H3,(H,19,22)(H2,18,20,23). The van der Waals surface area contributed by atoms with Crippen LogP contribution in [-0.4, -0.2) is 42.1 Å². The normalized spacial score (nSPS) is 11.0. The lowest BCUT2D eigenvalue weighted by atomic mass is 10.2. The Morgan fingerprint density at radius 2 is 2.04 bits per heavy atom. The van der Waals surface area contributed by atoms with Crippen molar-refractivity contribution >= 4 is 22.6 Å². The van der Waals surface area contributed by atoms with Gasteiger partial charge in [-0.05, 0) is 31.3 Å². The van der Waals surface area contributed by atoms with E-state index in [4.69, 9.17) is 0 Å². The van der Waals surface area contributed by atoms with Crippen LogP contribution in [0, 0.1) is 5.82 Å². The van der Waals surface area contributed by atoms with Crippen LogP contribution in [0.25, 0.3) is 10.9 Å². The molecule has 1 aromatic heterocycles. The van der Waals surface area contributed by atoms with Crippen LogP contribution in [0.4, 0.5) is 14.9 Å². The van der Waals surface area contributed by atoms with Crippen LogP contribution in [0.15, 0.2) is 29.2 Å². The van der Waals surface area contributed by atoms with E-state index in [1.807, 2.05) is 0 Å². The molecule has 0 atom stereocenters. The second-order valence-electron chi connectivity index (χ2n) is 5.13. The van der Waals surface area contributed by atoms with Gasteiger partial charge in [-0.2, -0.15) is 0 Å². The second kappa shape index (κ2) is 7.73. The Bertz CT molecular complexity index is 740. The molecule has 0 aliphatic heterocycles. The zero-order chi connectivity index (χ0) is 16.8. The van der Waals surface area contributed by atoms with E-state index in [-0.39, 0.29) is 11.1 Å². The fraction of sp³-hybridized carbons (Fsp3) is 0.375. The second-order valence-corrected chi connectivity index (χ2v) is 5.13. The van der Waals surface area contributed by atoms with Crippen molar-refractivity contribution in [2.75, 3.05) is 31.5 Å². The molecule has 1 heterocycles. The highest BCUT2D eigenvalue weighted by Crippen LogP contribution is 2.11. The molecule has 3 N–H and O–H groups in total. The third kappa shape index (κ3) is 4.29. The molecule has 0 fully saturated rings. The number of benzene rings is 1. The van der Waals surface area contributed by atoms with Gasteiger partial charge in [0.1, 0.15) is 11.5 Å². The summed E-state index contributed by atoms with van der Waals surface area (Å²) in [4.78, 5) is 29.2. The topological polar surface area (TPSA) is 77.2 Å². The van der Waals surface area contributed by atoms with Crippen molar-refractivity contribution in [3.63, 3.8) is 0 Å². The van der Waals surface area contributed by atoms with Crippen LogP contribution in [0.2, 0.25) is 0 Å². The minimum Gasteiger partial charge on any atom is -0.359 e. The summed E-state index contributed by atoms with van der Waals surface area (Å²) in [6.07, 6.45) is 1.41. The molecule has 2 rings (SSSR count). The number of anilines is 1. The van der Waals surface area contributed by atoms with Crippen molar-refractivity contribution in [3.05, 3.63) is 40.4 Å². The number of amides is 2. The predicted molar refractivity (Wildman–Crippen MR) is 89.3 cm³/mol. The van der Waals surface area contributed by atoms with Crippen LogP contribution in [0.3, 0.4) is 0 Å². The lowest BCUT2D eigenvalue weighted by molar-refractivity contribution is 0.248. The SMILES string of the molecule is CCN(CC)CCNC(=O)Nc1c[nH]c2ccc(F)cc2c1=O. The van der Waals surface area contributed by atoms with Crippen molar-refractivity contribution in [2.45, 2.75) is 13.8 Å². The quantitative estimate of drug-likeness (QED) is 0.763. The number of fused-ring (bicyclic) bond motifs is 1. The molecular weight excluding hydrogens is 299 g/mol. The number of H-pyrrole nitrogens is 1. The van der Waals surface area contributed by atoms with Crippen LogP contribution < -0.4 is 16.1 Å². The highest BCUT2D eigenvalue weighted by molar-refractivity contribution is 5.91. The van der Waals surface area contributed by atoms with Crippen molar-refractivity contribution < 1.29 is 9.18 Å². The highest BCUT2D eigenvalue weighted by atomic mass is 19.1. The fourth-order valence-electron chi connectivity index (χ4n) is 2.32. The summed E-state index contributed by atoms with van der Waals surface area (Å²) in [7, 11) is 0. The number of rotatable bonds is 6. The van der Waals surface area contributed by atoms with Gasteiger partial charge in [0.25, 0.3) is 0 Å². The third-order valence-corrected chi connectivity index (χ3v) is 3.70. The Balaban J connectivity index is 2.02. The minimum absolute atomic E-state index is 0.0865. The Morgan fingerprint density at radius 3 is 2.74 bits per heavy atom. The molecule has 23 heavy (non-hydrogen) atoms. The Hall–Kier alpha value is -2.41. The smallest absolute Gasteiger partial charge is 0.319 e. The first kappa shape index (κ1) is 17.0. The average molecular weight is 320 g/mol. The highest BCUT2D eigenvalue weighted by Gasteiger charge is 2.09. The van der Waals surface area contributed by atoms with Gasteiger partial charge in [0, 0.05) is 24.8 Å². The number of nitrogens with one attached hydrogen (secondary N) is 3. The number of likely N-dealkylation sites (N-methyl/N-ethyl adjacent to an activating group) is 1. The average Bonchev–Trinajstić information content (AvgIpc) is 2.55. The third-order valence-electron chi connectivity index (χ3n) is 3.70. The van der Waals surface area contributed by atoms with Crippen LogP contribution in [0.1, 0.15) is 13.8 Å². The van der Waals surface area contributed by atoms with Crippen molar-refractivity contribution in [3.8, 4) is 0 Å². The maximum Gasteiger partial charge on any atom is 0.319 e. The van der Waals surface area contributed by atoms with Crippen LogP contribution in [0.5, 0.6) is 0 Å². The van der Waals surface area contributed by atoms with Gasteiger partial charge < -0.3 is 20.5 Å². The van der Waals surface area contributed by atoms with Gasteiger partial charge in [0.05, 0.1) is 5.39 Å². The minimum atomic E-state index is -0.496. The maximum absolute atomic E-state index is 13.3. The van der Waals surface area contributed by atoms with Crippen molar-refractivity contribution in [1.29, 1.82) is 0 Å². The molecule has 0 aliphatic rings. The predicted octanol–water partition coefficient (Wildman–Crippen LogP) is 2.13. The molecule has 0 unspecified atom stereocenters. The number of aromatic amines is 1. The first-order chi connectivity index (χ1) is 11.0. The Morgan fingerprint density at radius 1 is 1.30 bits per heavy atom.